The van der Waals surface area contributed by atoms with E-state index in [0.717, 1.165) is 12.1 Å². The van der Waals surface area contributed by atoms with Gasteiger partial charge in [-0.2, -0.15) is 13.2 Å². The molecule has 11 heteroatoms. The summed E-state index contributed by atoms with van der Waals surface area (Å²) < 4.78 is 45.0. The van der Waals surface area contributed by atoms with Crippen LogP contribution in [0.4, 0.5) is 35.2 Å². The third kappa shape index (κ3) is 4.64. The van der Waals surface area contributed by atoms with E-state index in [1.165, 1.54) is 42.7 Å². The van der Waals surface area contributed by atoms with Gasteiger partial charge in [-0.3, -0.25) is 9.59 Å². The number of hydrogen-bond donors (Lipinski definition) is 4. The highest BCUT2D eigenvalue weighted by molar-refractivity contribution is 7.14. The number of carbonyl (C=O) groups is 2. The fourth-order valence-corrected chi connectivity index (χ4v) is 4.10. The van der Waals surface area contributed by atoms with Crippen molar-refractivity contribution in [2.75, 3.05) is 35.0 Å². The molecule has 1 aliphatic heterocycles. The first-order valence-electron chi connectivity index (χ1n) is 9.74. The lowest BCUT2D eigenvalue weighted by atomic mass is 10.1. The summed E-state index contributed by atoms with van der Waals surface area (Å²) in [5.74, 6) is -1.28. The molecule has 1 aromatic heterocycles. The Morgan fingerprint density at radius 2 is 1.79 bits per heavy atom. The number of halogens is 3. The number of rotatable bonds is 6. The predicted molar refractivity (Wildman–Crippen MR) is 121 cm³/mol. The molecule has 0 bridgehead atoms. The molecule has 0 fully saturated rings. The van der Waals surface area contributed by atoms with E-state index < -0.39 is 28.9 Å². The molecule has 2 aromatic carbocycles. The highest BCUT2D eigenvalue weighted by Gasteiger charge is 2.44. The maximum absolute atomic E-state index is 13.2. The smallest absolute Gasteiger partial charge is 0.380 e. The molecular formula is C22H19F3N4O3S. The summed E-state index contributed by atoms with van der Waals surface area (Å²) in [6.45, 7) is -0.0143. The molecule has 0 radical (unpaired) electrons. The fraction of sp³-hybridized carbons (Fsp3) is 0.182. The second-order valence-corrected chi connectivity index (χ2v) is 8.23. The highest BCUT2D eigenvalue weighted by Crippen LogP contribution is 2.38. The number of methoxy groups -OCH3 is 1. The maximum Gasteiger partial charge on any atom is 0.417 e. The van der Waals surface area contributed by atoms with E-state index in [-0.39, 0.29) is 18.2 Å². The zero-order valence-electron chi connectivity index (χ0n) is 17.2. The average Bonchev–Trinajstić information content (AvgIpc) is 3.41. The minimum Gasteiger partial charge on any atom is -0.380 e. The second kappa shape index (κ2) is 8.75. The van der Waals surface area contributed by atoms with Gasteiger partial charge in [0.2, 0.25) is 5.66 Å². The summed E-state index contributed by atoms with van der Waals surface area (Å²) in [5.41, 5.74) is -1.50. The summed E-state index contributed by atoms with van der Waals surface area (Å²) in [5, 5.41) is 14.0. The van der Waals surface area contributed by atoms with Crippen molar-refractivity contribution < 1.29 is 27.5 Å². The first-order valence-corrected chi connectivity index (χ1v) is 10.6. The van der Waals surface area contributed by atoms with Gasteiger partial charge in [-0.25, -0.2) is 0 Å². The van der Waals surface area contributed by atoms with Crippen LogP contribution >= 0.6 is 11.3 Å². The molecule has 172 valence electrons. The minimum absolute atomic E-state index is 0.0143. The molecule has 7 nitrogen and oxygen atoms in total. The number of hydrogen-bond acceptors (Lipinski definition) is 6. The van der Waals surface area contributed by atoms with Crippen molar-refractivity contribution in [2.45, 2.75) is 11.8 Å². The third-order valence-electron chi connectivity index (χ3n) is 4.96. The van der Waals surface area contributed by atoms with Crippen molar-refractivity contribution in [2.24, 2.45) is 0 Å². The van der Waals surface area contributed by atoms with Crippen LogP contribution in [0.1, 0.15) is 15.9 Å². The van der Waals surface area contributed by atoms with Crippen molar-refractivity contribution in [1.29, 1.82) is 0 Å². The summed E-state index contributed by atoms with van der Waals surface area (Å²) in [7, 11) is 1.45. The fourth-order valence-electron chi connectivity index (χ4n) is 3.49. The standard InChI is InChI=1S/C22H19F3N4O3S/c1-32-12-21(20(31)27-18-7-4-10-33-18)28-16-9-8-13(11-17(16)29-21)26-19(30)14-5-2-3-6-15(14)22(23,24)25/h2-11,28-29H,12H2,1H3,(H,26,30)(H,27,31). The maximum atomic E-state index is 13.2. The first kappa shape index (κ1) is 22.6. The monoisotopic (exact) mass is 476 g/mol. The van der Waals surface area contributed by atoms with Gasteiger partial charge in [-0.15, -0.1) is 11.3 Å². The number of fused-ring (bicyclic) bond motifs is 1. The normalized spacial score (nSPS) is 17.0. The Balaban J connectivity index is 1.55. The van der Waals surface area contributed by atoms with Crippen LogP contribution in [0.3, 0.4) is 0 Å². The molecule has 4 rings (SSSR count). The summed E-state index contributed by atoms with van der Waals surface area (Å²) in [6, 6.07) is 12.8. The number of benzene rings is 2. The molecular weight excluding hydrogens is 457 g/mol. The molecule has 0 saturated heterocycles. The summed E-state index contributed by atoms with van der Waals surface area (Å²) in [6.07, 6.45) is -4.66. The number of carbonyl (C=O) groups excluding carboxylic acids is 2. The van der Waals surface area contributed by atoms with E-state index in [2.05, 4.69) is 21.3 Å². The highest BCUT2D eigenvalue weighted by atomic mass is 32.1. The van der Waals surface area contributed by atoms with Crippen molar-refractivity contribution in [3.05, 3.63) is 71.1 Å². The number of thiophene rings is 1. The molecule has 1 unspecified atom stereocenters. The van der Waals surface area contributed by atoms with E-state index in [0.29, 0.717) is 16.4 Å². The Morgan fingerprint density at radius 3 is 2.48 bits per heavy atom. The van der Waals surface area contributed by atoms with E-state index in [9.17, 15) is 22.8 Å². The van der Waals surface area contributed by atoms with Gasteiger partial charge >= 0.3 is 6.18 Å². The molecule has 2 amide bonds. The van der Waals surface area contributed by atoms with Crippen LogP contribution in [0, 0.1) is 0 Å². The van der Waals surface area contributed by atoms with Crippen molar-refractivity contribution in [3.63, 3.8) is 0 Å². The summed E-state index contributed by atoms with van der Waals surface area (Å²) in [4.78, 5) is 25.6. The lowest BCUT2D eigenvalue weighted by Gasteiger charge is -2.28. The van der Waals surface area contributed by atoms with E-state index in [1.807, 2.05) is 5.38 Å². The Morgan fingerprint density at radius 1 is 1.03 bits per heavy atom. The lowest BCUT2D eigenvalue weighted by molar-refractivity contribution is -0.137. The third-order valence-corrected chi connectivity index (χ3v) is 5.74. The first-order chi connectivity index (χ1) is 15.7. The van der Waals surface area contributed by atoms with Gasteiger partial charge in [0, 0.05) is 12.8 Å². The number of alkyl halides is 3. The molecule has 0 saturated carbocycles. The topological polar surface area (TPSA) is 91.5 Å². The molecule has 1 aliphatic rings. The molecule has 0 aliphatic carbocycles. The number of amides is 2. The molecule has 1 atom stereocenters. The van der Waals surface area contributed by atoms with Gasteiger partial charge in [0.15, 0.2) is 0 Å². The van der Waals surface area contributed by atoms with Crippen LogP contribution in [0.15, 0.2) is 60.0 Å². The Labute approximate surface area is 191 Å². The van der Waals surface area contributed by atoms with Crippen LogP contribution in [-0.2, 0) is 15.7 Å². The lowest BCUT2D eigenvalue weighted by Crippen LogP contribution is -2.56. The minimum atomic E-state index is -4.66. The Bertz CT molecular complexity index is 1180. The van der Waals surface area contributed by atoms with Crippen molar-refractivity contribution in [1.82, 2.24) is 0 Å². The van der Waals surface area contributed by atoms with Gasteiger partial charge in [0.1, 0.15) is 0 Å². The zero-order valence-corrected chi connectivity index (χ0v) is 18.1. The van der Waals surface area contributed by atoms with Crippen LogP contribution in [0.5, 0.6) is 0 Å². The number of ether oxygens (including phenoxy) is 1. The Kier molecular flexibility index (Phi) is 6.00. The molecule has 2 heterocycles. The predicted octanol–water partition coefficient (Wildman–Crippen LogP) is 4.84. The van der Waals surface area contributed by atoms with Gasteiger partial charge in [0.05, 0.1) is 34.1 Å². The van der Waals surface area contributed by atoms with E-state index in [4.69, 9.17) is 4.74 Å². The van der Waals surface area contributed by atoms with Crippen molar-refractivity contribution in [3.8, 4) is 0 Å². The number of nitrogens with one attached hydrogen (secondary N) is 4. The van der Waals surface area contributed by atoms with E-state index in [1.54, 1.807) is 18.2 Å². The SMILES string of the molecule is COCC1(C(=O)Nc2cccs2)Nc2ccc(NC(=O)c3ccccc3C(F)(F)F)cc2N1. The van der Waals surface area contributed by atoms with Crippen LogP contribution < -0.4 is 21.3 Å². The molecule has 0 spiro atoms. The van der Waals surface area contributed by atoms with Gasteiger partial charge in [-0.05, 0) is 47.8 Å². The summed E-state index contributed by atoms with van der Waals surface area (Å²) >= 11 is 1.36. The molecule has 3 aromatic rings. The number of anilines is 4. The Hall–Kier alpha value is -3.57. The van der Waals surface area contributed by atoms with Crippen LogP contribution in [-0.4, -0.2) is 31.2 Å². The van der Waals surface area contributed by atoms with Crippen molar-refractivity contribution >= 4 is 45.2 Å². The average molecular weight is 476 g/mol. The zero-order chi connectivity index (χ0) is 23.6. The molecule has 4 N–H and O–H groups in total. The second-order valence-electron chi connectivity index (χ2n) is 7.28. The van der Waals surface area contributed by atoms with Gasteiger partial charge < -0.3 is 26.0 Å². The van der Waals surface area contributed by atoms with E-state index >= 15 is 0 Å². The quantitative estimate of drug-likeness (QED) is 0.409. The molecule has 33 heavy (non-hydrogen) atoms. The van der Waals surface area contributed by atoms with Crippen LogP contribution in [0.2, 0.25) is 0 Å². The van der Waals surface area contributed by atoms with Gasteiger partial charge in [0.25, 0.3) is 11.8 Å². The largest absolute Gasteiger partial charge is 0.417 e. The van der Waals surface area contributed by atoms with Crippen LogP contribution in [0.25, 0.3) is 0 Å². The van der Waals surface area contributed by atoms with Gasteiger partial charge in [-0.1, -0.05) is 12.1 Å².